The fourth-order valence-corrected chi connectivity index (χ4v) is 1.82. The molecule has 1 aromatic carbocycles. The minimum absolute atomic E-state index is 0.0956. The van der Waals surface area contributed by atoms with Crippen LogP contribution in [0, 0.1) is 12.7 Å². The van der Waals surface area contributed by atoms with Crippen molar-refractivity contribution in [1.29, 1.82) is 0 Å². The van der Waals surface area contributed by atoms with Gasteiger partial charge in [-0.25, -0.2) is 4.39 Å². The van der Waals surface area contributed by atoms with Crippen molar-refractivity contribution in [1.82, 2.24) is 9.78 Å². The fraction of sp³-hybridized carbons (Fsp3) is 0.182. The highest BCUT2D eigenvalue weighted by atomic mass is 35.5. The number of rotatable bonds is 1. The lowest BCUT2D eigenvalue weighted by Crippen LogP contribution is -1.98. The Bertz CT molecular complexity index is 525. The number of anilines is 1. The molecule has 0 spiro atoms. The van der Waals surface area contributed by atoms with Gasteiger partial charge in [-0.2, -0.15) is 5.10 Å². The zero-order valence-corrected chi connectivity index (χ0v) is 9.72. The van der Waals surface area contributed by atoms with Crippen LogP contribution in [0.5, 0.6) is 0 Å². The summed E-state index contributed by atoms with van der Waals surface area (Å²) in [4.78, 5) is 0. The Hall–Kier alpha value is -1.55. The van der Waals surface area contributed by atoms with Gasteiger partial charge in [-0.15, -0.1) is 0 Å². The maximum atomic E-state index is 13.3. The minimum Gasteiger partial charge on any atom is -0.383 e. The molecule has 2 aromatic rings. The molecule has 0 unspecified atom stereocenters. The van der Waals surface area contributed by atoms with Crippen molar-refractivity contribution >= 4 is 17.4 Å². The SMILES string of the molecule is Cc1cc(-c2cnn(C)c2N)cc(Cl)c1F. The zero-order valence-electron chi connectivity index (χ0n) is 8.96. The third kappa shape index (κ3) is 1.65. The van der Waals surface area contributed by atoms with E-state index in [9.17, 15) is 4.39 Å². The topological polar surface area (TPSA) is 43.8 Å². The van der Waals surface area contributed by atoms with Gasteiger partial charge in [0, 0.05) is 12.6 Å². The van der Waals surface area contributed by atoms with E-state index in [1.165, 1.54) is 0 Å². The van der Waals surface area contributed by atoms with Crippen molar-refractivity contribution in [3.8, 4) is 11.1 Å². The molecule has 2 N–H and O–H groups in total. The molecule has 5 heteroatoms. The molecule has 0 saturated carbocycles. The van der Waals surface area contributed by atoms with E-state index in [0.29, 0.717) is 11.4 Å². The number of hydrogen-bond acceptors (Lipinski definition) is 2. The molecule has 0 bridgehead atoms. The Morgan fingerprint density at radius 1 is 1.44 bits per heavy atom. The number of hydrogen-bond donors (Lipinski definition) is 1. The van der Waals surface area contributed by atoms with E-state index in [4.69, 9.17) is 17.3 Å². The maximum Gasteiger partial charge on any atom is 0.144 e. The second-order valence-electron chi connectivity index (χ2n) is 3.66. The van der Waals surface area contributed by atoms with E-state index in [2.05, 4.69) is 5.10 Å². The summed E-state index contributed by atoms with van der Waals surface area (Å²) in [5.41, 5.74) is 7.86. The third-order valence-electron chi connectivity index (χ3n) is 2.51. The lowest BCUT2D eigenvalue weighted by atomic mass is 10.1. The predicted molar refractivity (Wildman–Crippen MR) is 62.8 cm³/mol. The molecular weight excluding hydrogens is 229 g/mol. The highest BCUT2D eigenvalue weighted by molar-refractivity contribution is 6.31. The first kappa shape index (κ1) is 11.0. The molecule has 0 aliphatic heterocycles. The van der Waals surface area contributed by atoms with Crippen LogP contribution in [0.25, 0.3) is 11.1 Å². The van der Waals surface area contributed by atoms with Crippen molar-refractivity contribution in [2.24, 2.45) is 7.05 Å². The first-order valence-electron chi connectivity index (χ1n) is 4.74. The van der Waals surface area contributed by atoms with Crippen molar-refractivity contribution in [2.75, 3.05) is 5.73 Å². The van der Waals surface area contributed by atoms with Gasteiger partial charge in [-0.05, 0) is 30.2 Å². The van der Waals surface area contributed by atoms with E-state index in [1.807, 2.05) is 0 Å². The van der Waals surface area contributed by atoms with Gasteiger partial charge in [0.25, 0.3) is 0 Å². The summed E-state index contributed by atoms with van der Waals surface area (Å²) in [5, 5.41) is 4.12. The molecule has 1 heterocycles. The van der Waals surface area contributed by atoms with Crippen molar-refractivity contribution < 1.29 is 4.39 Å². The highest BCUT2D eigenvalue weighted by Gasteiger charge is 2.11. The molecule has 16 heavy (non-hydrogen) atoms. The highest BCUT2D eigenvalue weighted by Crippen LogP contribution is 2.30. The average molecular weight is 240 g/mol. The molecule has 0 aliphatic rings. The molecule has 0 saturated heterocycles. The van der Waals surface area contributed by atoms with E-state index >= 15 is 0 Å². The molecule has 0 fully saturated rings. The summed E-state index contributed by atoms with van der Waals surface area (Å²) in [6.07, 6.45) is 1.64. The number of nitrogen functional groups attached to an aromatic ring is 1. The Morgan fingerprint density at radius 2 is 2.12 bits per heavy atom. The summed E-state index contributed by atoms with van der Waals surface area (Å²) >= 11 is 5.79. The van der Waals surface area contributed by atoms with Crippen LogP contribution < -0.4 is 5.73 Å². The third-order valence-corrected chi connectivity index (χ3v) is 2.78. The van der Waals surface area contributed by atoms with Crippen LogP contribution in [0.2, 0.25) is 5.02 Å². The van der Waals surface area contributed by atoms with Gasteiger partial charge in [0.15, 0.2) is 0 Å². The molecule has 0 radical (unpaired) electrons. The second kappa shape index (κ2) is 3.79. The van der Waals surface area contributed by atoms with Gasteiger partial charge in [0.2, 0.25) is 0 Å². The fourth-order valence-electron chi connectivity index (χ4n) is 1.55. The van der Waals surface area contributed by atoms with Gasteiger partial charge in [-0.1, -0.05) is 11.6 Å². The number of aryl methyl sites for hydroxylation is 2. The average Bonchev–Trinajstić information content (AvgIpc) is 2.56. The zero-order chi connectivity index (χ0) is 11.9. The van der Waals surface area contributed by atoms with Gasteiger partial charge in [-0.3, -0.25) is 4.68 Å². The summed E-state index contributed by atoms with van der Waals surface area (Å²) < 4.78 is 14.9. The largest absolute Gasteiger partial charge is 0.383 e. The first-order chi connectivity index (χ1) is 7.50. The molecule has 84 valence electrons. The molecule has 3 nitrogen and oxygen atoms in total. The van der Waals surface area contributed by atoms with Crippen LogP contribution in [-0.2, 0) is 7.05 Å². The van der Waals surface area contributed by atoms with Crippen molar-refractivity contribution in [2.45, 2.75) is 6.92 Å². The summed E-state index contributed by atoms with van der Waals surface area (Å²) in [5.74, 6) is 0.134. The van der Waals surface area contributed by atoms with E-state index < -0.39 is 5.82 Å². The number of nitrogens with zero attached hydrogens (tertiary/aromatic N) is 2. The summed E-state index contributed by atoms with van der Waals surface area (Å²) in [7, 11) is 1.75. The first-order valence-corrected chi connectivity index (χ1v) is 5.12. The minimum atomic E-state index is -0.395. The number of nitrogens with two attached hydrogens (primary N) is 1. The summed E-state index contributed by atoms with van der Waals surface area (Å²) in [6.45, 7) is 1.66. The number of benzene rings is 1. The van der Waals surface area contributed by atoms with E-state index in [1.54, 1.807) is 37.0 Å². The Morgan fingerprint density at radius 3 is 2.62 bits per heavy atom. The molecule has 2 rings (SSSR count). The van der Waals surface area contributed by atoms with Crippen molar-refractivity contribution in [3.05, 3.63) is 34.7 Å². The van der Waals surface area contributed by atoms with Crippen LogP contribution in [0.4, 0.5) is 10.2 Å². The number of halogens is 2. The summed E-state index contributed by atoms with van der Waals surface area (Å²) in [6, 6.07) is 3.26. The second-order valence-corrected chi connectivity index (χ2v) is 4.06. The predicted octanol–water partition coefficient (Wildman–Crippen LogP) is 2.77. The lowest BCUT2D eigenvalue weighted by molar-refractivity contribution is 0.619. The molecule has 0 amide bonds. The van der Waals surface area contributed by atoms with Gasteiger partial charge in [0.05, 0.1) is 11.2 Å². The van der Waals surface area contributed by atoms with Crippen LogP contribution >= 0.6 is 11.6 Å². The van der Waals surface area contributed by atoms with Gasteiger partial charge >= 0.3 is 0 Å². The van der Waals surface area contributed by atoms with Crippen LogP contribution in [0.3, 0.4) is 0 Å². The Kier molecular flexibility index (Phi) is 2.59. The van der Waals surface area contributed by atoms with Gasteiger partial charge in [0.1, 0.15) is 11.6 Å². The lowest BCUT2D eigenvalue weighted by Gasteiger charge is -2.05. The van der Waals surface area contributed by atoms with Gasteiger partial charge < -0.3 is 5.73 Å². The molecule has 1 aromatic heterocycles. The van der Waals surface area contributed by atoms with Crippen LogP contribution in [0.15, 0.2) is 18.3 Å². The smallest absolute Gasteiger partial charge is 0.144 e. The maximum absolute atomic E-state index is 13.3. The van der Waals surface area contributed by atoms with Crippen LogP contribution in [-0.4, -0.2) is 9.78 Å². The Balaban J connectivity index is 2.61. The van der Waals surface area contributed by atoms with Crippen molar-refractivity contribution in [3.63, 3.8) is 0 Å². The molecular formula is C11H11ClFN3. The molecule has 0 atom stereocenters. The monoisotopic (exact) mass is 239 g/mol. The normalized spacial score (nSPS) is 10.8. The Labute approximate surface area is 97.6 Å². The standard InChI is InChI=1S/C11H11ClFN3/c1-6-3-7(4-9(12)10(6)13)8-5-15-16(2)11(8)14/h3-5H,14H2,1-2H3. The van der Waals surface area contributed by atoms with E-state index in [-0.39, 0.29) is 5.02 Å². The quantitative estimate of drug-likeness (QED) is 0.832. The molecule has 0 aliphatic carbocycles. The number of aromatic nitrogens is 2. The van der Waals surface area contributed by atoms with Crippen LogP contribution in [0.1, 0.15) is 5.56 Å². The van der Waals surface area contributed by atoms with E-state index in [0.717, 1.165) is 11.1 Å².